The SMILES string of the molecule is CC[C@@H](COC)Nc1nccc(-c2ccc(Cl)cc2Cl)c1N. The van der Waals surface area contributed by atoms with Crippen molar-refractivity contribution in [3.8, 4) is 11.1 Å². The average molecular weight is 340 g/mol. The van der Waals surface area contributed by atoms with E-state index in [2.05, 4.69) is 17.2 Å². The molecule has 0 fully saturated rings. The molecule has 0 amide bonds. The number of nitrogens with two attached hydrogens (primary N) is 1. The van der Waals surface area contributed by atoms with Crippen molar-refractivity contribution in [2.75, 3.05) is 24.8 Å². The summed E-state index contributed by atoms with van der Waals surface area (Å²) in [6.45, 7) is 2.66. The lowest BCUT2D eigenvalue weighted by Crippen LogP contribution is -2.25. The van der Waals surface area contributed by atoms with E-state index < -0.39 is 0 Å². The highest BCUT2D eigenvalue weighted by Gasteiger charge is 2.14. The number of nitrogen functional groups attached to an aromatic ring is 1. The fraction of sp³-hybridized carbons (Fsp3) is 0.312. The van der Waals surface area contributed by atoms with E-state index in [1.807, 2.05) is 12.1 Å². The summed E-state index contributed by atoms with van der Waals surface area (Å²) in [4.78, 5) is 4.32. The Morgan fingerprint density at radius 3 is 2.68 bits per heavy atom. The van der Waals surface area contributed by atoms with E-state index in [-0.39, 0.29) is 6.04 Å². The maximum atomic E-state index is 6.27. The van der Waals surface area contributed by atoms with Crippen molar-refractivity contribution in [1.82, 2.24) is 4.98 Å². The quantitative estimate of drug-likeness (QED) is 0.814. The number of methoxy groups -OCH3 is 1. The van der Waals surface area contributed by atoms with Crippen molar-refractivity contribution < 1.29 is 4.74 Å². The number of hydrogen-bond acceptors (Lipinski definition) is 4. The van der Waals surface area contributed by atoms with Gasteiger partial charge in [-0.15, -0.1) is 0 Å². The maximum Gasteiger partial charge on any atom is 0.150 e. The number of nitrogens with one attached hydrogen (secondary N) is 1. The summed E-state index contributed by atoms with van der Waals surface area (Å²) in [6, 6.07) is 7.33. The van der Waals surface area contributed by atoms with Crippen LogP contribution in [0.4, 0.5) is 11.5 Å². The number of benzene rings is 1. The third-order valence-electron chi connectivity index (χ3n) is 3.41. The molecule has 0 spiro atoms. The first-order valence-electron chi connectivity index (χ1n) is 7.02. The van der Waals surface area contributed by atoms with Gasteiger partial charge in [-0.2, -0.15) is 0 Å². The Labute approximate surface area is 140 Å². The Bertz CT molecular complexity index is 649. The second kappa shape index (κ2) is 7.68. The Kier molecular flexibility index (Phi) is 5.89. The Balaban J connectivity index is 2.37. The number of hydrogen-bond donors (Lipinski definition) is 2. The van der Waals surface area contributed by atoms with E-state index >= 15 is 0 Å². The third-order valence-corrected chi connectivity index (χ3v) is 3.96. The van der Waals surface area contributed by atoms with Gasteiger partial charge in [-0.05, 0) is 24.6 Å². The van der Waals surface area contributed by atoms with Gasteiger partial charge in [-0.25, -0.2) is 4.98 Å². The van der Waals surface area contributed by atoms with Gasteiger partial charge < -0.3 is 15.8 Å². The van der Waals surface area contributed by atoms with Gasteiger partial charge in [0, 0.05) is 34.5 Å². The summed E-state index contributed by atoms with van der Waals surface area (Å²) < 4.78 is 5.19. The lowest BCUT2D eigenvalue weighted by atomic mass is 10.0. The van der Waals surface area contributed by atoms with Crippen LogP contribution in [0.25, 0.3) is 11.1 Å². The van der Waals surface area contributed by atoms with Crippen LogP contribution in [0.5, 0.6) is 0 Å². The molecule has 22 heavy (non-hydrogen) atoms. The zero-order valence-corrected chi connectivity index (χ0v) is 14.1. The summed E-state index contributed by atoms with van der Waals surface area (Å²) in [6.07, 6.45) is 2.61. The minimum atomic E-state index is 0.149. The zero-order valence-electron chi connectivity index (χ0n) is 12.6. The van der Waals surface area contributed by atoms with Gasteiger partial charge in [0.15, 0.2) is 0 Å². The number of ether oxygens (including phenoxy) is 1. The molecule has 1 atom stereocenters. The highest BCUT2D eigenvalue weighted by Crippen LogP contribution is 2.36. The first kappa shape index (κ1) is 16.9. The van der Waals surface area contributed by atoms with Crippen LogP contribution in [0.15, 0.2) is 30.5 Å². The molecule has 0 unspecified atom stereocenters. The number of anilines is 2. The van der Waals surface area contributed by atoms with Crippen molar-refractivity contribution in [2.45, 2.75) is 19.4 Å². The fourth-order valence-electron chi connectivity index (χ4n) is 2.19. The predicted octanol–water partition coefficient (Wildman–Crippen LogP) is 4.47. The summed E-state index contributed by atoms with van der Waals surface area (Å²) >= 11 is 12.2. The van der Waals surface area contributed by atoms with Crippen LogP contribution in [0.2, 0.25) is 10.0 Å². The molecular formula is C16H19Cl2N3O. The molecule has 1 heterocycles. The van der Waals surface area contributed by atoms with Crippen LogP contribution in [-0.4, -0.2) is 24.7 Å². The number of nitrogens with zero attached hydrogens (tertiary/aromatic N) is 1. The summed E-state index contributed by atoms with van der Waals surface area (Å²) in [5, 5.41) is 4.45. The number of aromatic nitrogens is 1. The van der Waals surface area contributed by atoms with Crippen LogP contribution in [-0.2, 0) is 4.74 Å². The molecule has 2 aromatic rings. The molecular weight excluding hydrogens is 321 g/mol. The molecule has 1 aromatic heterocycles. The lowest BCUT2D eigenvalue weighted by molar-refractivity contribution is 0.184. The van der Waals surface area contributed by atoms with Crippen LogP contribution in [0, 0.1) is 0 Å². The normalized spacial score (nSPS) is 12.2. The van der Waals surface area contributed by atoms with Crippen LogP contribution in [0.1, 0.15) is 13.3 Å². The Morgan fingerprint density at radius 2 is 2.05 bits per heavy atom. The summed E-state index contributed by atoms with van der Waals surface area (Å²) in [5.41, 5.74) is 8.47. The van der Waals surface area contributed by atoms with Gasteiger partial charge in [-0.1, -0.05) is 36.2 Å². The van der Waals surface area contributed by atoms with E-state index in [4.69, 9.17) is 33.7 Å². The fourth-order valence-corrected chi connectivity index (χ4v) is 2.70. The molecule has 0 saturated heterocycles. The number of halogens is 2. The largest absolute Gasteiger partial charge is 0.395 e. The molecule has 0 radical (unpaired) electrons. The first-order chi connectivity index (χ1) is 10.6. The summed E-state index contributed by atoms with van der Waals surface area (Å²) in [7, 11) is 1.67. The van der Waals surface area contributed by atoms with Crippen molar-refractivity contribution in [3.05, 3.63) is 40.5 Å². The summed E-state index contributed by atoms with van der Waals surface area (Å²) in [5.74, 6) is 0.632. The van der Waals surface area contributed by atoms with Crippen LogP contribution >= 0.6 is 23.2 Å². The Morgan fingerprint density at radius 1 is 1.27 bits per heavy atom. The second-order valence-corrected chi connectivity index (χ2v) is 5.79. The molecule has 0 aliphatic heterocycles. The van der Waals surface area contributed by atoms with E-state index in [9.17, 15) is 0 Å². The molecule has 3 N–H and O–H groups in total. The van der Waals surface area contributed by atoms with Crippen molar-refractivity contribution in [3.63, 3.8) is 0 Å². The van der Waals surface area contributed by atoms with Crippen LogP contribution in [0.3, 0.4) is 0 Å². The first-order valence-corrected chi connectivity index (χ1v) is 7.77. The van der Waals surface area contributed by atoms with E-state index in [1.165, 1.54) is 0 Å². The van der Waals surface area contributed by atoms with Gasteiger partial charge >= 0.3 is 0 Å². The lowest BCUT2D eigenvalue weighted by Gasteiger charge is -2.19. The minimum absolute atomic E-state index is 0.149. The number of rotatable bonds is 6. The van der Waals surface area contributed by atoms with Gasteiger partial charge in [-0.3, -0.25) is 0 Å². The molecule has 0 aliphatic carbocycles. The molecule has 6 heteroatoms. The van der Waals surface area contributed by atoms with E-state index in [0.717, 1.165) is 17.5 Å². The molecule has 0 bridgehead atoms. The van der Waals surface area contributed by atoms with Crippen molar-refractivity contribution in [2.24, 2.45) is 0 Å². The van der Waals surface area contributed by atoms with Crippen molar-refractivity contribution >= 4 is 34.7 Å². The Hall–Kier alpha value is -1.49. The highest BCUT2D eigenvalue weighted by atomic mass is 35.5. The monoisotopic (exact) mass is 339 g/mol. The molecule has 4 nitrogen and oxygen atoms in total. The van der Waals surface area contributed by atoms with Gasteiger partial charge in [0.2, 0.25) is 0 Å². The van der Waals surface area contributed by atoms with Crippen molar-refractivity contribution in [1.29, 1.82) is 0 Å². The molecule has 0 saturated carbocycles. The van der Waals surface area contributed by atoms with E-state index in [1.54, 1.807) is 25.4 Å². The van der Waals surface area contributed by atoms with Gasteiger partial charge in [0.1, 0.15) is 5.82 Å². The highest BCUT2D eigenvalue weighted by molar-refractivity contribution is 6.36. The zero-order chi connectivity index (χ0) is 16.1. The molecule has 118 valence electrons. The predicted molar refractivity (Wildman–Crippen MR) is 93.7 cm³/mol. The number of pyridine rings is 1. The average Bonchev–Trinajstić information content (AvgIpc) is 2.49. The molecule has 1 aromatic carbocycles. The maximum absolute atomic E-state index is 6.27. The van der Waals surface area contributed by atoms with Crippen LogP contribution < -0.4 is 11.1 Å². The topological polar surface area (TPSA) is 60.2 Å². The minimum Gasteiger partial charge on any atom is -0.395 e. The third kappa shape index (κ3) is 3.83. The standard InChI is InChI=1S/C16H19Cl2N3O/c1-3-11(9-22-2)21-16-15(19)13(6-7-20-16)12-5-4-10(17)8-14(12)18/h4-8,11H,3,9,19H2,1-2H3,(H,20,21)/t11-/m0/s1. The molecule has 0 aliphatic rings. The second-order valence-electron chi connectivity index (χ2n) is 4.95. The van der Waals surface area contributed by atoms with Gasteiger partial charge in [0.25, 0.3) is 0 Å². The van der Waals surface area contributed by atoms with E-state index in [0.29, 0.717) is 28.2 Å². The molecule has 2 rings (SSSR count). The smallest absolute Gasteiger partial charge is 0.150 e. The van der Waals surface area contributed by atoms with Gasteiger partial charge in [0.05, 0.1) is 18.3 Å².